The van der Waals surface area contributed by atoms with Gasteiger partial charge in [-0.3, -0.25) is 0 Å². The maximum Gasteiger partial charge on any atom is 0.00640 e. The highest BCUT2D eigenvalue weighted by Crippen LogP contribution is 2.14. The largest absolute Gasteiger partial charge is 0.317 e. The highest BCUT2D eigenvalue weighted by atomic mass is 14.9. The molecule has 1 unspecified atom stereocenters. The van der Waals surface area contributed by atoms with E-state index in [9.17, 15) is 0 Å². The molecule has 0 amide bonds. The lowest BCUT2D eigenvalue weighted by Crippen LogP contribution is -2.24. The van der Waals surface area contributed by atoms with Crippen molar-refractivity contribution in [2.45, 2.75) is 161 Å². The molecule has 0 aromatic heterocycles. The monoisotopic (exact) mass is 407 g/mol. The number of rotatable bonds is 24. The Balaban J connectivity index is 3.31. The van der Waals surface area contributed by atoms with Gasteiger partial charge in [0, 0.05) is 6.04 Å². The Labute approximate surface area is 185 Å². The maximum absolute atomic E-state index is 3.55. The first-order valence-corrected chi connectivity index (χ1v) is 13.7. The van der Waals surface area contributed by atoms with Crippen molar-refractivity contribution in [1.29, 1.82) is 0 Å². The van der Waals surface area contributed by atoms with E-state index in [1.54, 1.807) is 0 Å². The molecule has 0 aliphatic rings. The van der Waals surface area contributed by atoms with Crippen LogP contribution < -0.4 is 5.32 Å². The molecule has 1 nitrogen and oxygen atoms in total. The summed E-state index contributed by atoms with van der Waals surface area (Å²) in [6.07, 6.45) is 35.8. The predicted molar refractivity (Wildman–Crippen MR) is 135 cm³/mol. The van der Waals surface area contributed by atoms with E-state index in [1.807, 2.05) is 0 Å². The second kappa shape index (κ2) is 25.7. The van der Waals surface area contributed by atoms with Crippen LogP contribution in [0.4, 0.5) is 0 Å². The fourth-order valence-electron chi connectivity index (χ4n) is 4.24. The van der Waals surface area contributed by atoms with Crippen LogP contribution in [-0.4, -0.2) is 13.1 Å². The van der Waals surface area contributed by atoms with E-state index in [-0.39, 0.29) is 0 Å². The fourth-order valence-corrected chi connectivity index (χ4v) is 4.24. The molecule has 0 radical (unpaired) electrons. The van der Waals surface area contributed by atoms with E-state index < -0.39 is 0 Å². The van der Waals surface area contributed by atoms with Crippen molar-refractivity contribution in [2.75, 3.05) is 7.05 Å². The van der Waals surface area contributed by atoms with Crippen molar-refractivity contribution < 1.29 is 0 Å². The molecule has 0 aliphatic heterocycles. The predicted octanol–water partition coefficient (Wildman–Crippen LogP) is 9.75. The summed E-state index contributed by atoms with van der Waals surface area (Å²) in [6.45, 7) is 4.59. The van der Waals surface area contributed by atoms with Crippen LogP contribution in [0.5, 0.6) is 0 Å². The molecule has 174 valence electrons. The average Bonchev–Trinajstić information content (AvgIpc) is 2.74. The summed E-state index contributed by atoms with van der Waals surface area (Å²) in [6, 6.07) is 0.760. The van der Waals surface area contributed by atoms with Crippen molar-refractivity contribution in [3.8, 4) is 0 Å². The van der Waals surface area contributed by atoms with E-state index in [1.165, 1.54) is 141 Å². The lowest BCUT2D eigenvalue weighted by molar-refractivity contribution is 0.436. The Morgan fingerprint density at radius 1 is 0.483 bits per heavy atom. The van der Waals surface area contributed by atoms with E-state index in [0.29, 0.717) is 0 Å². The van der Waals surface area contributed by atoms with Crippen molar-refractivity contribution in [3.05, 3.63) is 12.2 Å². The van der Waals surface area contributed by atoms with Crippen molar-refractivity contribution in [2.24, 2.45) is 0 Å². The lowest BCUT2D eigenvalue weighted by atomic mass is 10.00. The van der Waals surface area contributed by atoms with Gasteiger partial charge in [-0.25, -0.2) is 0 Å². The summed E-state index contributed by atoms with van der Waals surface area (Å²) >= 11 is 0. The number of hydrogen-bond acceptors (Lipinski definition) is 1. The first kappa shape index (κ1) is 28.7. The van der Waals surface area contributed by atoms with Crippen LogP contribution in [0.3, 0.4) is 0 Å². The highest BCUT2D eigenvalue weighted by Gasteiger charge is 2.05. The zero-order valence-electron chi connectivity index (χ0n) is 20.8. The van der Waals surface area contributed by atoms with Crippen LogP contribution in [0.25, 0.3) is 0 Å². The Morgan fingerprint density at radius 3 is 1.21 bits per heavy atom. The van der Waals surface area contributed by atoms with E-state index >= 15 is 0 Å². The molecule has 0 saturated heterocycles. The molecule has 0 heterocycles. The number of allylic oxidation sites excluding steroid dienone is 2. The van der Waals surface area contributed by atoms with Crippen LogP contribution >= 0.6 is 0 Å². The Hall–Kier alpha value is -0.300. The van der Waals surface area contributed by atoms with Gasteiger partial charge in [0.05, 0.1) is 0 Å². The minimum absolute atomic E-state index is 0.760. The summed E-state index contributed by atoms with van der Waals surface area (Å²) in [5.74, 6) is 0. The van der Waals surface area contributed by atoms with Gasteiger partial charge in [-0.15, -0.1) is 0 Å². The number of unbranched alkanes of at least 4 members (excludes halogenated alkanes) is 17. The van der Waals surface area contributed by atoms with E-state index in [2.05, 4.69) is 38.4 Å². The highest BCUT2D eigenvalue weighted by molar-refractivity contribution is 4.81. The molecule has 0 aliphatic carbocycles. The molecule has 1 N–H and O–H groups in total. The van der Waals surface area contributed by atoms with Gasteiger partial charge >= 0.3 is 0 Å². The SMILES string of the molecule is CCCCCCCC/C=C\CCCCCCCC(CCCCCCCCC)NC. The molecule has 0 spiro atoms. The van der Waals surface area contributed by atoms with Crippen molar-refractivity contribution in [3.63, 3.8) is 0 Å². The second-order valence-corrected chi connectivity index (χ2v) is 9.27. The molecule has 1 heteroatoms. The molecule has 0 bridgehead atoms. The molecule has 1 atom stereocenters. The Bertz CT molecular complexity index is 309. The zero-order valence-corrected chi connectivity index (χ0v) is 20.8. The molecular formula is C28H57N. The molecule has 0 fully saturated rings. The van der Waals surface area contributed by atoms with Gasteiger partial charge in [0.2, 0.25) is 0 Å². The molecule has 0 aromatic carbocycles. The number of nitrogens with one attached hydrogen (secondary N) is 1. The van der Waals surface area contributed by atoms with Gasteiger partial charge in [-0.2, -0.15) is 0 Å². The summed E-state index contributed by atoms with van der Waals surface area (Å²) in [7, 11) is 2.16. The summed E-state index contributed by atoms with van der Waals surface area (Å²) in [5, 5.41) is 3.55. The number of hydrogen-bond donors (Lipinski definition) is 1. The van der Waals surface area contributed by atoms with E-state index in [0.717, 1.165) is 6.04 Å². The third-order valence-electron chi connectivity index (χ3n) is 6.38. The van der Waals surface area contributed by atoms with Crippen LogP contribution in [0, 0.1) is 0 Å². The molecular weight excluding hydrogens is 350 g/mol. The third-order valence-corrected chi connectivity index (χ3v) is 6.38. The van der Waals surface area contributed by atoms with Crippen molar-refractivity contribution >= 4 is 0 Å². The summed E-state index contributed by atoms with van der Waals surface area (Å²) in [5.41, 5.74) is 0. The molecule has 29 heavy (non-hydrogen) atoms. The maximum atomic E-state index is 3.55. The van der Waals surface area contributed by atoms with Crippen LogP contribution in [0.2, 0.25) is 0 Å². The molecule has 0 rings (SSSR count). The van der Waals surface area contributed by atoms with Crippen LogP contribution in [-0.2, 0) is 0 Å². The van der Waals surface area contributed by atoms with Gasteiger partial charge < -0.3 is 5.32 Å². The average molecular weight is 408 g/mol. The molecule has 0 aromatic rings. The summed E-state index contributed by atoms with van der Waals surface area (Å²) in [4.78, 5) is 0. The standard InChI is InChI=1S/C28H57N/c1-4-6-8-10-12-13-14-15-16-17-18-19-21-23-25-27-28(29-3)26-24-22-20-11-9-7-5-2/h15-16,28-29H,4-14,17-27H2,1-3H3/b16-15-. The first-order chi connectivity index (χ1) is 14.3. The normalized spacial score (nSPS) is 12.8. The first-order valence-electron chi connectivity index (χ1n) is 13.7. The fraction of sp³-hybridized carbons (Fsp3) is 0.929. The van der Waals surface area contributed by atoms with Gasteiger partial charge in [0.15, 0.2) is 0 Å². The topological polar surface area (TPSA) is 12.0 Å². The third kappa shape index (κ3) is 23.8. The van der Waals surface area contributed by atoms with Crippen LogP contribution in [0.1, 0.15) is 155 Å². The van der Waals surface area contributed by atoms with Gasteiger partial charge in [0.1, 0.15) is 0 Å². The minimum Gasteiger partial charge on any atom is -0.317 e. The quantitative estimate of drug-likeness (QED) is 0.124. The summed E-state index contributed by atoms with van der Waals surface area (Å²) < 4.78 is 0. The minimum atomic E-state index is 0.760. The van der Waals surface area contributed by atoms with Gasteiger partial charge in [0.25, 0.3) is 0 Å². The van der Waals surface area contributed by atoms with Gasteiger partial charge in [-0.05, 0) is 45.6 Å². The van der Waals surface area contributed by atoms with Crippen LogP contribution in [0.15, 0.2) is 12.2 Å². The Morgan fingerprint density at radius 2 is 0.828 bits per heavy atom. The van der Waals surface area contributed by atoms with E-state index in [4.69, 9.17) is 0 Å². The smallest absolute Gasteiger partial charge is 0.00640 e. The Kier molecular flexibility index (Phi) is 25.5. The van der Waals surface area contributed by atoms with Crippen molar-refractivity contribution in [1.82, 2.24) is 5.32 Å². The van der Waals surface area contributed by atoms with Gasteiger partial charge in [-0.1, -0.05) is 129 Å². The lowest BCUT2D eigenvalue weighted by Gasteiger charge is -2.16. The zero-order chi connectivity index (χ0) is 21.3. The molecule has 0 saturated carbocycles. The second-order valence-electron chi connectivity index (χ2n) is 9.27.